The molecule has 1 aliphatic rings. The molecule has 0 aliphatic carbocycles. The number of rotatable bonds is 2. The number of hydrogen-bond acceptors (Lipinski definition) is 4. The molecular weight excluding hydrogens is 285 g/mol. The molecule has 1 aromatic carbocycles. The van der Waals surface area contributed by atoms with Crippen molar-refractivity contribution in [2.45, 2.75) is 20.0 Å². The third-order valence-electron chi connectivity index (χ3n) is 3.59. The van der Waals surface area contributed by atoms with E-state index in [1.165, 1.54) is 0 Å². The molecule has 21 heavy (non-hydrogen) atoms. The van der Waals surface area contributed by atoms with Crippen molar-refractivity contribution in [3.8, 4) is 0 Å². The molecule has 0 N–H and O–H groups in total. The van der Waals surface area contributed by atoms with Crippen LogP contribution < -0.4 is 5.44 Å². The minimum atomic E-state index is -3.38. The van der Waals surface area contributed by atoms with Crippen LogP contribution in [0.5, 0.6) is 0 Å². The zero-order valence-corrected chi connectivity index (χ0v) is 13.0. The standard InChI is InChI=1S/C16H18NO3P/c1-16(2)12-19-21(18,14-10-6-7-11-17-14)20-15(16)13-8-4-3-5-9-13/h3-11,15H,12H2,1-2H3/t15-,21?/m1/s1. The van der Waals surface area contributed by atoms with E-state index in [2.05, 4.69) is 4.98 Å². The van der Waals surface area contributed by atoms with E-state index in [1.807, 2.05) is 44.2 Å². The molecule has 0 bridgehead atoms. The number of pyridine rings is 1. The van der Waals surface area contributed by atoms with Crippen LogP contribution >= 0.6 is 7.60 Å². The van der Waals surface area contributed by atoms with E-state index in [1.54, 1.807) is 24.4 Å². The first-order valence-electron chi connectivity index (χ1n) is 6.91. The Morgan fingerprint density at radius 1 is 1.14 bits per heavy atom. The summed E-state index contributed by atoms with van der Waals surface area (Å²) in [6, 6.07) is 15.1. The normalized spacial score (nSPS) is 28.2. The number of aromatic nitrogens is 1. The fourth-order valence-corrected chi connectivity index (χ4v) is 4.38. The van der Waals surface area contributed by atoms with Crippen LogP contribution in [0.1, 0.15) is 25.5 Å². The topological polar surface area (TPSA) is 48.4 Å². The van der Waals surface area contributed by atoms with E-state index in [4.69, 9.17) is 9.05 Å². The van der Waals surface area contributed by atoms with Crippen molar-refractivity contribution in [3.05, 3.63) is 60.3 Å². The van der Waals surface area contributed by atoms with Gasteiger partial charge in [0.15, 0.2) is 5.44 Å². The summed E-state index contributed by atoms with van der Waals surface area (Å²) < 4.78 is 24.5. The Morgan fingerprint density at radius 3 is 2.52 bits per heavy atom. The van der Waals surface area contributed by atoms with Gasteiger partial charge in [0.05, 0.1) is 12.7 Å². The first kappa shape index (κ1) is 14.5. The lowest BCUT2D eigenvalue weighted by molar-refractivity contribution is -0.0230. The molecule has 1 aliphatic heterocycles. The molecule has 0 amide bonds. The highest BCUT2D eigenvalue weighted by Gasteiger charge is 2.46. The first-order valence-corrected chi connectivity index (χ1v) is 8.45. The van der Waals surface area contributed by atoms with Crippen molar-refractivity contribution in [2.24, 2.45) is 5.41 Å². The summed E-state index contributed by atoms with van der Waals surface area (Å²) in [5.74, 6) is 0. The van der Waals surface area contributed by atoms with Gasteiger partial charge in [0, 0.05) is 11.6 Å². The lowest BCUT2D eigenvalue weighted by Gasteiger charge is -2.41. The van der Waals surface area contributed by atoms with E-state index >= 15 is 0 Å². The highest BCUT2D eigenvalue weighted by Crippen LogP contribution is 2.59. The molecule has 2 heterocycles. The maximum atomic E-state index is 13.0. The molecule has 1 aromatic heterocycles. The average molecular weight is 303 g/mol. The third-order valence-corrected chi connectivity index (χ3v) is 5.38. The Kier molecular flexibility index (Phi) is 3.70. The fraction of sp³-hybridized carbons (Fsp3) is 0.312. The second-order valence-corrected chi connectivity index (χ2v) is 7.77. The van der Waals surface area contributed by atoms with Crippen molar-refractivity contribution in [3.63, 3.8) is 0 Å². The molecule has 0 spiro atoms. The van der Waals surface area contributed by atoms with Gasteiger partial charge in [0.1, 0.15) is 0 Å². The second kappa shape index (κ2) is 5.38. The lowest BCUT2D eigenvalue weighted by atomic mass is 9.83. The summed E-state index contributed by atoms with van der Waals surface area (Å²) in [5.41, 5.74) is 1.10. The number of benzene rings is 1. The number of nitrogens with zero attached hydrogens (tertiary/aromatic N) is 1. The maximum Gasteiger partial charge on any atom is 0.380 e. The molecule has 110 valence electrons. The lowest BCUT2D eigenvalue weighted by Crippen LogP contribution is -2.35. The summed E-state index contributed by atoms with van der Waals surface area (Å²) in [5, 5.41) is 0. The fourth-order valence-electron chi connectivity index (χ4n) is 2.41. The summed E-state index contributed by atoms with van der Waals surface area (Å²) >= 11 is 0. The molecule has 2 aromatic rings. The monoisotopic (exact) mass is 303 g/mol. The van der Waals surface area contributed by atoms with Gasteiger partial charge in [-0.2, -0.15) is 0 Å². The zero-order chi connectivity index (χ0) is 14.9. The van der Waals surface area contributed by atoms with Gasteiger partial charge in [-0.3, -0.25) is 9.09 Å². The van der Waals surface area contributed by atoms with Gasteiger partial charge in [-0.25, -0.2) is 4.98 Å². The molecular formula is C16H18NO3P. The molecule has 0 saturated carbocycles. The smallest absolute Gasteiger partial charge is 0.303 e. The Labute approximate surface area is 124 Å². The van der Waals surface area contributed by atoms with E-state index in [0.29, 0.717) is 12.0 Å². The Morgan fingerprint density at radius 2 is 1.86 bits per heavy atom. The van der Waals surface area contributed by atoms with Gasteiger partial charge in [0.25, 0.3) is 0 Å². The summed E-state index contributed by atoms with van der Waals surface area (Å²) in [6.45, 7) is 4.46. The minimum Gasteiger partial charge on any atom is -0.303 e. The molecule has 1 saturated heterocycles. The van der Waals surface area contributed by atoms with Crippen LogP contribution in [0.4, 0.5) is 0 Å². The molecule has 0 radical (unpaired) electrons. The van der Waals surface area contributed by atoms with E-state index < -0.39 is 7.60 Å². The average Bonchev–Trinajstić information content (AvgIpc) is 2.52. The summed E-state index contributed by atoms with van der Waals surface area (Å²) in [6.07, 6.45) is 1.30. The van der Waals surface area contributed by atoms with E-state index in [0.717, 1.165) is 5.56 Å². The molecule has 2 atom stereocenters. The van der Waals surface area contributed by atoms with Crippen LogP contribution in [0.3, 0.4) is 0 Å². The maximum absolute atomic E-state index is 13.0. The van der Waals surface area contributed by atoms with Crippen LogP contribution in [0, 0.1) is 5.41 Å². The summed E-state index contributed by atoms with van der Waals surface area (Å²) in [7, 11) is -3.38. The highest BCUT2D eigenvalue weighted by molar-refractivity contribution is 7.62. The second-order valence-electron chi connectivity index (χ2n) is 5.84. The highest BCUT2D eigenvalue weighted by atomic mass is 31.2. The molecule has 4 nitrogen and oxygen atoms in total. The van der Waals surface area contributed by atoms with E-state index in [-0.39, 0.29) is 11.5 Å². The molecule has 1 unspecified atom stereocenters. The zero-order valence-electron chi connectivity index (χ0n) is 12.1. The molecule has 3 rings (SSSR count). The predicted molar refractivity (Wildman–Crippen MR) is 81.5 cm³/mol. The van der Waals surface area contributed by atoms with Gasteiger partial charge >= 0.3 is 7.60 Å². The Balaban J connectivity index is 1.98. The van der Waals surface area contributed by atoms with Crippen LogP contribution in [-0.2, 0) is 13.6 Å². The SMILES string of the molecule is CC1(C)COP(=O)(c2ccccn2)O[C@@H]1c1ccccc1. The van der Waals surface area contributed by atoms with Gasteiger partial charge in [-0.15, -0.1) is 0 Å². The van der Waals surface area contributed by atoms with Crippen molar-refractivity contribution in [1.82, 2.24) is 4.98 Å². The van der Waals surface area contributed by atoms with Crippen LogP contribution in [0.25, 0.3) is 0 Å². The van der Waals surface area contributed by atoms with Gasteiger partial charge in [-0.1, -0.05) is 50.2 Å². The van der Waals surface area contributed by atoms with Crippen molar-refractivity contribution < 1.29 is 13.6 Å². The van der Waals surface area contributed by atoms with Crippen molar-refractivity contribution in [2.75, 3.05) is 6.61 Å². The Bertz CT molecular complexity index is 658. The molecule has 1 fully saturated rings. The van der Waals surface area contributed by atoms with Gasteiger partial charge < -0.3 is 4.52 Å². The van der Waals surface area contributed by atoms with Gasteiger partial charge in [-0.05, 0) is 17.7 Å². The predicted octanol–water partition coefficient (Wildman–Crippen LogP) is 3.71. The Hall–Kier alpha value is -1.48. The van der Waals surface area contributed by atoms with Crippen molar-refractivity contribution >= 4 is 13.0 Å². The quantitative estimate of drug-likeness (QED) is 0.793. The third kappa shape index (κ3) is 2.80. The van der Waals surface area contributed by atoms with Crippen LogP contribution in [0.2, 0.25) is 0 Å². The first-order chi connectivity index (χ1) is 10.0. The van der Waals surface area contributed by atoms with Crippen molar-refractivity contribution in [1.29, 1.82) is 0 Å². The van der Waals surface area contributed by atoms with Gasteiger partial charge in [0.2, 0.25) is 0 Å². The van der Waals surface area contributed by atoms with E-state index in [9.17, 15) is 4.57 Å². The minimum absolute atomic E-state index is 0.260. The number of hydrogen-bond donors (Lipinski definition) is 0. The summed E-state index contributed by atoms with van der Waals surface area (Å²) in [4.78, 5) is 4.14. The largest absolute Gasteiger partial charge is 0.380 e. The van der Waals surface area contributed by atoms with Crippen LogP contribution in [0.15, 0.2) is 54.7 Å². The molecule has 5 heteroatoms. The van der Waals surface area contributed by atoms with Crippen LogP contribution in [-0.4, -0.2) is 11.6 Å².